The topological polar surface area (TPSA) is 53.0 Å². The molecule has 1 aromatic rings. The van der Waals surface area contributed by atoms with Gasteiger partial charge in [-0.05, 0) is 31.4 Å². The van der Waals surface area contributed by atoms with Gasteiger partial charge in [-0.2, -0.15) is 0 Å². The summed E-state index contributed by atoms with van der Waals surface area (Å²) in [5, 5.41) is 9.14. The summed E-state index contributed by atoms with van der Waals surface area (Å²) in [5.41, 5.74) is 1.00. The van der Waals surface area contributed by atoms with Crippen LogP contribution in [-0.2, 0) is 11.3 Å². The minimum absolute atomic E-state index is 0.152. The molecule has 0 aromatic heterocycles. The van der Waals surface area contributed by atoms with Crippen molar-refractivity contribution in [3.8, 4) is 0 Å². The summed E-state index contributed by atoms with van der Waals surface area (Å²) in [4.78, 5) is 16.5. The second-order valence-corrected chi connectivity index (χ2v) is 6.00. The molecule has 1 unspecified atom stereocenters. The highest BCUT2D eigenvalue weighted by atomic mass is 16.6. The highest BCUT2D eigenvalue weighted by molar-refractivity contribution is 5.68. The van der Waals surface area contributed by atoms with Crippen molar-refractivity contribution in [3.63, 3.8) is 0 Å². The lowest BCUT2D eigenvalue weighted by Gasteiger charge is -2.37. The molecule has 1 aliphatic rings. The molecule has 5 nitrogen and oxygen atoms in total. The number of likely N-dealkylation sites (tertiary alicyclic amines) is 1. The highest BCUT2D eigenvalue weighted by Crippen LogP contribution is 2.19. The first-order chi connectivity index (χ1) is 11.2. The van der Waals surface area contributed by atoms with Crippen LogP contribution in [0.3, 0.4) is 0 Å². The third-order valence-electron chi connectivity index (χ3n) is 4.40. The number of amides is 1. The van der Waals surface area contributed by atoms with Crippen LogP contribution in [0.2, 0.25) is 0 Å². The number of carbonyl (C=O) groups is 1. The van der Waals surface area contributed by atoms with Gasteiger partial charge in [-0.3, -0.25) is 4.90 Å². The second-order valence-electron chi connectivity index (χ2n) is 6.00. The molecule has 1 heterocycles. The van der Waals surface area contributed by atoms with Gasteiger partial charge in [0, 0.05) is 25.7 Å². The number of aliphatic hydroxyl groups is 1. The molecule has 1 amide bonds. The number of hydrogen-bond donors (Lipinski definition) is 1. The molecule has 0 spiro atoms. The number of nitrogens with zero attached hydrogens (tertiary/aromatic N) is 2. The number of hydrogen-bond acceptors (Lipinski definition) is 4. The third-order valence-corrected chi connectivity index (χ3v) is 4.40. The lowest BCUT2D eigenvalue weighted by Crippen LogP contribution is -2.50. The van der Waals surface area contributed by atoms with Gasteiger partial charge in [-0.1, -0.05) is 37.3 Å². The summed E-state index contributed by atoms with van der Waals surface area (Å²) in [6, 6.07) is 9.94. The van der Waals surface area contributed by atoms with Gasteiger partial charge in [0.1, 0.15) is 6.61 Å². The number of likely N-dealkylation sites (N-methyl/N-ethyl adjacent to an activating group) is 1. The Bertz CT molecular complexity index is 467. The number of piperidine rings is 1. The zero-order chi connectivity index (χ0) is 16.5. The molecule has 23 heavy (non-hydrogen) atoms. The number of aliphatic hydroxyl groups excluding tert-OH is 1. The van der Waals surface area contributed by atoms with Crippen molar-refractivity contribution in [2.75, 3.05) is 32.8 Å². The highest BCUT2D eigenvalue weighted by Gasteiger charge is 2.29. The van der Waals surface area contributed by atoms with Gasteiger partial charge >= 0.3 is 6.09 Å². The molecule has 0 bridgehead atoms. The van der Waals surface area contributed by atoms with Gasteiger partial charge in [-0.25, -0.2) is 4.79 Å². The van der Waals surface area contributed by atoms with Crippen LogP contribution in [0.4, 0.5) is 4.79 Å². The summed E-state index contributed by atoms with van der Waals surface area (Å²) in [5.74, 6) is 0. The van der Waals surface area contributed by atoms with E-state index in [4.69, 9.17) is 9.84 Å². The van der Waals surface area contributed by atoms with Crippen molar-refractivity contribution in [2.45, 2.75) is 38.8 Å². The Morgan fingerprint density at radius 3 is 2.83 bits per heavy atom. The molecule has 1 N–H and O–H groups in total. The molecule has 1 atom stereocenters. The summed E-state index contributed by atoms with van der Waals surface area (Å²) < 4.78 is 5.49. The van der Waals surface area contributed by atoms with Crippen LogP contribution in [0.5, 0.6) is 0 Å². The molecule has 128 valence electrons. The predicted molar refractivity (Wildman–Crippen MR) is 90.2 cm³/mol. The van der Waals surface area contributed by atoms with Crippen LogP contribution in [0.15, 0.2) is 30.3 Å². The van der Waals surface area contributed by atoms with Crippen molar-refractivity contribution >= 4 is 6.09 Å². The zero-order valence-electron chi connectivity index (χ0n) is 14.0. The molecule has 1 aliphatic heterocycles. The van der Waals surface area contributed by atoms with Crippen LogP contribution in [-0.4, -0.2) is 59.8 Å². The fraction of sp³-hybridized carbons (Fsp3) is 0.611. The molecule has 1 fully saturated rings. The normalized spacial score (nSPS) is 18.2. The van der Waals surface area contributed by atoms with E-state index in [0.29, 0.717) is 13.2 Å². The molecule has 0 saturated carbocycles. The van der Waals surface area contributed by atoms with Crippen LogP contribution in [0.1, 0.15) is 31.7 Å². The smallest absolute Gasteiger partial charge is 0.410 e. The Morgan fingerprint density at radius 2 is 2.13 bits per heavy atom. The second kappa shape index (κ2) is 9.53. The Labute approximate surface area is 138 Å². The van der Waals surface area contributed by atoms with Gasteiger partial charge < -0.3 is 14.7 Å². The maximum Gasteiger partial charge on any atom is 0.410 e. The minimum atomic E-state index is -0.224. The molecule has 0 aliphatic carbocycles. The standard InChI is InChI=1S/C18H28N2O3/c1-2-19(12-13-21)14-17-10-6-7-11-20(17)18(22)23-15-16-8-4-3-5-9-16/h3-5,8-9,17,21H,2,6-7,10-15H2,1H3. The van der Waals surface area contributed by atoms with Crippen LogP contribution < -0.4 is 0 Å². The monoisotopic (exact) mass is 320 g/mol. The van der Waals surface area contributed by atoms with E-state index in [0.717, 1.165) is 44.5 Å². The number of rotatable bonds is 7. The largest absolute Gasteiger partial charge is 0.445 e. The van der Waals surface area contributed by atoms with Gasteiger partial charge in [0.05, 0.1) is 6.61 Å². The Hall–Kier alpha value is -1.59. The van der Waals surface area contributed by atoms with E-state index in [2.05, 4.69) is 11.8 Å². The van der Waals surface area contributed by atoms with E-state index in [1.807, 2.05) is 35.2 Å². The van der Waals surface area contributed by atoms with Gasteiger partial charge in [0.15, 0.2) is 0 Å². The maximum absolute atomic E-state index is 12.4. The zero-order valence-corrected chi connectivity index (χ0v) is 14.0. The van der Waals surface area contributed by atoms with E-state index < -0.39 is 0 Å². The lowest BCUT2D eigenvalue weighted by atomic mass is 10.0. The molecule has 5 heteroatoms. The summed E-state index contributed by atoms with van der Waals surface area (Å²) in [6.45, 7) is 5.64. The minimum Gasteiger partial charge on any atom is -0.445 e. The van der Waals surface area contributed by atoms with Crippen molar-refractivity contribution in [1.82, 2.24) is 9.80 Å². The molecule has 0 radical (unpaired) electrons. The number of benzene rings is 1. The SMILES string of the molecule is CCN(CCO)CC1CCCCN1C(=O)OCc1ccccc1. The summed E-state index contributed by atoms with van der Waals surface area (Å²) in [6.07, 6.45) is 2.95. The Kier molecular flexibility index (Phi) is 7.36. The maximum atomic E-state index is 12.4. The van der Waals surface area contributed by atoms with Crippen molar-refractivity contribution in [2.24, 2.45) is 0 Å². The lowest BCUT2D eigenvalue weighted by molar-refractivity contribution is 0.0548. The van der Waals surface area contributed by atoms with Crippen LogP contribution >= 0.6 is 0 Å². The van der Waals surface area contributed by atoms with E-state index in [1.54, 1.807) is 0 Å². The van der Waals surface area contributed by atoms with E-state index >= 15 is 0 Å². The molecular weight excluding hydrogens is 292 g/mol. The predicted octanol–water partition coefficient (Wildman–Crippen LogP) is 2.49. The Morgan fingerprint density at radius 1 is 1.35 bits per heavy atom. The first-order valence-corrected chi connectivity index (χ1v) is 8.55. The van der Waals surface area contributed by atoms with E-state index in [1.165, 1.54) is 0 Å². The van der Waals surface area contributed by atoms with Gasteiger partial charge in [0.2, 0.25) is 0 Å². The first-order valence-electron chi connectivity index (χ1n) is 8.55. The molecule has 1 aromatic carbocycles. The van der Waals surface area contributed by atoms with Crippen molar-refractivity contribution < 1.29 is 14.6 Å². The average Bonchev–Trinajstić information content (AvgIpc) is 2.60. The summed E-state index contributed by atoms with van der Waals surface area (Å²) in [7, 11) is 0. The van der Waals surface area contributed by atoms with Gasteiger partial charge in [-0.15, -0.1) is 0 Å². The summed E-state index contributed by atoms with van der Waals surface area (Å²) >= 11 is 0. The molecular formula is C18H28N2O3. The average molecular weight is 320 g/mol. The quantitative estimate of drug-likeness (QED) is 0.838. The van der Waals surface area contributed by atoms with E-state index in [-0.39, 0.29) is 18.7 Å². The van der Waals surface area contributed by atoms with Crippen molar-refractivity contribution in [1.29, 1.82) is 0 Å². The molecule has 1 saturated heterocycles. The fourth-order valence-electron chi connectivity index (χ4n) is 3.05. The first kappa shape index (κ1) is 17.8. The van der Waals surface area contributed by atoms with Crippen LogP contribution in [0.25, 0.3) is 0 Å². The van der Waals surface area contributed by atoms with Gasteiger partial charge in [0.25, 0.3) is 0 Å². The molecule has 2 rings (SSSR count). The third kappa shape index (κ3) is 5.52. The number of ether oxygens (including phenoxy) is 1. The fourth-order valence-corrected chi connectivity index (χ4v) is 3.05. The van der Waals surface area contributed by atoms with E-state index in [9.17, 15) is 4.79 Å². The number of carbonyl (C=O) groups excluding carboxylic acids is 1. The van der Waals surface area contributed by atoms with Crippen molar-refractivity contribution in [3.05, 3.63) is 35.9 Å². The Balaban J connectivity index is 1.90. The van der Waals surface area contributed by atoms with Crippen LogP contribution in [0, 0.1) is 0 Å².